The van der Waals surface area contributed by atoms with Crippen LogP contribution in [0, 0.1) is 45.7 Å². The van der Waals surface area contributed by atoms with Crippen LogP contribution >= 0.6 is 11.6 Å². The Morgan fingerprint density at radius 1 is 0.823 bits per heavy atom. The van der Waals surface area contributed by atoms with Crippen LogP contribution in [-0.4, -0.2) is 94.6 Å². The third-order valence-electron chi connectivity index (χ3n) is 14.1. The number of ether oxygens (including phenoxy) is 1. The standard InChI is InChI=1S/C48H48ClFN6O6/c1-47(2)45(48(3,4)46(47)62-32-9-8-29(25-51)36(49)22-32)55-26-30-21-28(7-10-33(30)42(55)59)6-5-27-13-17-53(18-14-27)31-15-19-54(20-16-31)39-24-35-34(23-37(39)50)43(60)56(44(35)61)38-11-12-40(57)52-41(38)58/h7-10,21-24,27,31,38,45-46H,11-20,26H2,1-4H3,(H,52,57,58). The number of likely N-dealkylation sites (tertiary alicyclic amines) is 1. The van der Waals surface area contributed by atoms with Crippen LogP contribution in [0.25, 0.3) is 0 Å². The van der Waals surface area contributed by atoms with Gasteiger partial charge in [0.05, 0.1) is 27.4 Å². The number of nitrogens with zero attached hydrogens (tertiary/aromatic N) is 5. The van der Waals surface area contributed by atoms with Gasteiger partial charge in [0, 0.05) is 72.1 Å². The third kappa shape index (κ3) is 7.00. The molecule has 0 aromatic heterocycles. The Kier molecular flexibility index (Phi) is 10.4. The molecule has 1 saturated carbocycles. The van der Waals surface area contributed by atoms with Gasteiger partial charge in [0.1, 0.15) is 29.8 Å². The molecule has 5 heterocycles. The number of hydrogen-bond donors (Lipinski definition) is 1. The molecular weight excluding hydrogens is 811 g/mol. The van der Waals surface area contributed by atoms with Gasteiger partial charge in [-0.3, -0.25) is 34.2 Å². The first-order valence-electron chi connectivity index (χ1n) is 21.4. The van der Waals surface area contributed by atoms with Gasteiger partial charge in [-0.05, 0) is 93.2 Å². The van der Waals surface area contributed by atoms with E-state index in [1.807, 2.05) is 21.9 Å². The summed E-state index contributed by atoms with van der Waals surface area (Å²) in [6.07, 6.45) is 3.38. The molecule has 12 nitrogen and oxygen atoms in total. The zero-order valence-corrected chi connectivity index (χ0v) is 36.0. The summed E-state index contributed by atoms with van der Waals surface area (Å²) in [5.41, 5.74) is 2.55. The summed E-state index contributed by atoms with van der Waals surface area (Å²) in [6.45, 7) is 12.0. The summed E-state index contributed by atoms with van der Waals surface area (Å²) in [7, 11) is 0. The van der Waals surface area contributed by atoms with Crippen molar-refractivity contribution in [1.82, 2.24) is 20.0 Å². The van der Waals surface area contributed by atoms with Crippen molar-refractivity contribution >= 4 is 46.8 Å². The number of anilines is 1. The van der Waals surface area contributed by atoms with Crippen LogP contribution < -0.4 is 15.0 Å². The summed E-state index contributed by atoms with van der Waals surface area (Å²) in [5.74, 6) is 4.68. The van der Waals surface area contributed by atoms with E-state index in [0.717, 1.165) is 60.9 Å². The van der Waals surface area contributed by atoms with E-state index in [9.17, 15) is 29.2 Å². The molecule has 320 valence electrons. The number of rotatable bonds is 6. The minimum atomic E-state index is -1.10. The minimum Gasteiger partial charge on any atom is -0.489 e. The average molecular weight is 859 g/mol. The van der Waals surface area contributed by atoms with E-state index in [4.69, 9.17) is 16.3 Å². The van der Waals surface area contributed by atoms with E-state index in [1.54, 1.807) is 18.2 Å². The lowest BCUT2D eigenvalue weighted by atomic mass is 9.49. The van der Waals surface area contributed by atoms with Crippen LogP contribution in [0.3, 0.4) is 0 Å². The lowest BCUT2D eigenvalue weighted by molar-refractivity contribution is -0.199. The molecule has 0 bridgehead atoms. The van der Waals surface area contributed by atoms with Crippen molar-refractivity contribution in [1.29, 1.82) is 5.26 Å². The number of imide groups is 2. The van der Waals surface area contributed by atoms with E-state index < -0.39 is 35.5 Å². The highest BCUT2D eigenvalue weighted by Gasteiger charge is 2.67. The maximum absolute atomic E-state index is 15.5. The summed E-state index contributed by atoms with van der Waals surface area (Å²) >= 11 is 6.29. The molecule has 1 aliphatic carbocycles. The van der Waals surface area contributed by atoms with Crippen molar-refractivity contribution in [3.8, 4) is 23.7 Å². The highest BCUT2D eigenvalue weighted by atomic mass is 35.5. The Morgan fingerprint density at radius 2 is 1.52 bits per heavy atom. The second kappa shape index (κ2) is 15.5. The van der Waals surface area contributed by atoms with Gasteiger partial charge in [0.15, 0.2) is 0 Å². The third-order valence-corrected chi connectivity index (χ3v) is 14.4. The number of fused-ring (bicyclic) bond motifs is 2. The summed E-state index contributed by atoms with van der Waals surface area (Å²) in [6, 6.07) is 14.8. The number of hydrogen-bond acceptors (Lipinski definition) is 9. The van der Waals surface area contributed by atoms with Crippen LogP contribution in [-0.2, 0) is 16.1 Å². The van der Waals surface area contributed by atoms with Gasteiger partial charge in [-0.2, -0.15) is 5.26 Å². The van der Waals surface area contributed by atoms with Crippen LogP contribution in [0.2, 0.25) is 5.02 Å². The number of benzene rings is 3. The quantitative estimate of drug-likeness (QED) is 0.223. The van der Waals surface area contributed by atoms with Crippen molar-refractivity contribution < 1.29 is 33.1 Å². The molecule has 3 saturated heterocycles. The summed E-state index contributed by atoms with van der Waals surface area (Å²) < 4.78 is 22.0. The number of amides is 5. The molecule has 3 aromatic rings. The van der Waals surface area contributed by atoms with Gasteiger partial charge < -0.3 is 19.4 Å². The normalized spacial score (nSPS) is 24.8. The topological polar surface area (TPSA) is 143 Å². The largest absolute Gasteiger partial charge is 0.489 e. The van der Waals surface area contributed by atoms with Gasteiger partial charge in [0.2, 0.25) is 11.8 Å². The molecule has 1 N–H and O–H groups in total. The molecule has 6 aliphatic rings. The molecule has 4 fully saturated rings. The second-order valence-electron chi connectivity index (χ2n) is 18.7. The molecule has 1 atom stereocenters. The number of carbonyl (C=O) groups is 5. The minimum absolute atomic E-state index is 0.0149. The van der Waals surface area contributed by atoms with Gasteiger partial charge in [-0.1, -0.05) is 51.1 Å². The summed E-state index contributed by atoms with van der Waals surface area (Å²) in [4.78, 5) is 71.7. The molecule has 1 unspecified atom stereocenters. The van der Waals surface area contributed by atoms with Crippen LogP contribution in [0.4, 0.5) is 10.1 Å². The fourth-order valence-electron chi connectivity index (χ4n) is 11.4. The maximum atomic E-state index is 15.5. The van der Waals surface area contributed by atoms with E-state index in [2.05, 4.69) is 61.9 Å². The Morgan fingerprint density at radius 3 is 2.18 bits per heavy atom. The Balaban J connectivity index is 0.778. The monoisotopic (exact) mass is 858 g/mol. The molecule has 62 heavy (non-hydrogen) atoms. The zero-order valence-electron chi connectivity index (χ0n) is 35.2. The van der Waals surface area contributed by atoms with E-state index in [1.165, 1.54) is 6.07 Å². The average Bonchev–Trinajstić information content (AvgIpc) is 3.68. The molecule has 14 heteroatoms. The molecule has 5 amide bonds. The number of piperidine rings is 3. The highest BCUT2D eigenvalue weighted by Crippen LogP contribution is 2.59. The number of nitriles is 1. The smallest absolute Gasteiger partial charge is 0.262 e. The lowest BCUT2D eigenvalue weighted by Crippen LogP contribution is -2.74. The molecule has 0 radical (unpaired) electrons. The van der Waals surface area contributed by atoms with Crippen molar-refractivity contribution in [3.63, 3.8) is 0 Å². The first kappa shape index (κ1) is 41.6. The Labute approximate surface area is 365 Å². The van der Waals surface area contributed by atoms with Crippen molar-refractivity contribution in [2.45, 2.75) is 97.0 Å². The van der Waals surface area contributed by atoms with Crippen LogP contribution in [0.5, 0.6) is 5.75 Å². The maximum Gasteiger partial charge on any atom is 0.262 e. The highest BCUT2D eigenvalue weighted by molar-refractivity contribution is 6.31. The second-order valence-corrected chi connectivity index (χ2v) is 19.1. The Bertz CT molecular complexity index is 2530. The molecule has 5 aliphatic heterocycles. The van der Waals surface area contributed by atoms with Crippen LogP contribution in [0.1, 0.15) is 114 Å². The lowest BCUT2D eigenvalue weighted by Gasteiger charge is -2.65. The van der Waals surface area contributed by atoms with Gasteiger partial charge in [-0.25, -0.2) is 4.39 Å². The fraction of sp³-hybridized carbons (Fsp3) is 0.458. The summed E-state index contributed by atoms with van der Waals surface area (Å²) in [5, 5.41) is 11.8. The zero-order chi connectivity index (χ0) is 43.8. The number of carbonyl (C=O) groups excluding carboxylic acids is 5. The molecule has 0 spiro atoms. The van der Waals surface area contributed by atoms with Gasteiger partial charge >= 0.3 is 0 Å². The number of nitrogens with one attached hydrogen (secondary N) is 1. The van der Waals surface area contributed by atoms with Gasteiger partial charge in [0.25, 0.3) is 17.7 Å². The molecule has 9 rings (SSSR count). The molecule has 3 aromatic carbocycles. The van der Waals surface area contributed by atoms with Crippen molar-refractivity contribution in [3.05, 3.63) is 92.8 Å². The van der Waals surface area contributed by atoms with Crippen molar-refractivity contribution in [2.75, 3.05) is 31.1 Å². The molecular formula is C48H48ClFN6O6. The van der Waals surface area contributed by atoms with Crippen LogP contribution in [0.15, 0.2) is 48.5 Å². The first-order chi connectivity index (χ1) is 29.6. The van der Waals surface area contributed by atoms with E-state index >= 15 is 4.39 Å². The van der Waals surface area contributed by atoms with Crippen molar-refractivity contribution in [2.24, 2.45) is 16.7 Å². The van der Waals surface area contributed by atoms with Gasteiger partial charge in [-0.15, -0.1) is 0 Å². The predicted molar refractivity (Wildman–Crippen MR) is 228 cm³/mol. The number of halogens is 2. The SMILES string of the molecule is CC1(C)C(Oc2ccc(C#N)c(Cl)c2)C(C)(C)C1N1Cc2cc(C#CC3CCN(C4CCN(c5cc6c(cc5F)C(=O)N(C5CCC(=O)NC5=O)C6=O)CC4)CC3)ccc2C1=O. The predicted octanol–water partition coefficient (Wildman–Crippen LogP) is 6.32. The van der Waals surface area contributed by atoms with E-state index in [-0.39, 0.29) is 64.5 Å². The fourth-order valence-corrected chi connectivity index (χ4v) is 11.6. The van der Waals surface area contributed by atoms with E-state index in [0.29, 0.717) is 47.6 Å². The Hall–Kier alpha value is -5.76. The first-order valence-corrected chi connectivity index (χ1v) is 21.8.